The van der Waals surface area contributed by atoms with Crippen molar-refractivity contribution in [2.75, 3.05) is 4.90 Å². The smallest absolute Gasteiger partial charge is 0.0540 e. The summed E-state index contributed by atoms with van der Waals surface area (Å²) in [5.41, 5.74) is 18.2. The molecule has 11 rings (SSSR count). The molecule has 0 heterocycles. The number of benzene rings is 10. The van der Waals surface area contributed by atoms with Crippen LogP contribution in [0.2, 0.25) is 0 Å². The third-order valence-corrected chi connectivity index (χ3v) is 12.7. The molecule has 0 aliphatic heterocycles. The van der Waals surface area contributed by atoms with Crippen LogP contribution in [0.1, 0.15) is 25.0 Å². The third kappa shape index (κ3) is 6.19. The first-order chi connectivity index (χ1) is 29.5. The molecule has 0 spiro atoms. The van der Waals surface area contributed by atoms with Gasteiger partial charge >= 0.3 is 0 Å². The first-order valence-corrected chi connectivity index (χ1v) is 20.9. The van der Waals surface area contributed by atoms with Crippen LogP contribution in [0.25, 0.3) is 77.2 Å². The maximum Gasteiger partial charge on any atom is 0.0540 e. The van der Waals surface area contributed by atoms with Gasteiger partial charge in [-0.3, -0.25) is 0 Å². The molecule has 0 unspecified atom stereocenters. The van der Waals surface area contributed by atoms with Gasteiger partial charge in [0.25, 0.3) is 0 Å². The highest BCUT2D eigenvalue weighted by atomic mass is 15.1. The molecule has 60 heavy (non-hydrogen) atoms. The standard InChI is InChI=1S/C59H43N/c1-59(2)56-38-50(49-27-23-42-15-7-9-17-47(42)37-49)30-34-54(56)55-35-33-52(39-57(55)59)60(51-31-28-44(29-32-51)48-26-22-41-14-6-8-16-46(41)36-48)58-19-11-10-18-53(58)45-24-20-43(21-25-45)40-12-4-3-5-13-40/h3-39H,1-2H3. The van der Waals surface area contributed by atoms with Crippen molar-refractivity contribution in [2.45, 2.75) is 19.3 Å². The van der Waals surface area contributed by atoms with Crippen LogP contribution in [0.15, 0.2) is 224 Å². The fourth-order valence-electron chi connectivity index (χ4n) is 9.40. The number of fused-ring (bicyclic) bond motifs is 5. The maximum atomic E-state index is 2.45. The normalized spacial score (nSPS) is 12.6. The van der Waals surface area contributed by atoms with Crippen molar-refractivity contribution in [2.24, 2.45) is 0 Å². The molecule has 1 aliphatic rings. The molecule has 0 fully saturated rings. The summed E-state index contributed by atoms with van der Waals surface area (Å²) in [6, 6.07) is 82.5. The fourth-order valence-corrected chi connectivity index (χ4v) is 9.40. The van der Waals surface area contributed by atoms with Crippen LogP contribution < -0.4 is 4.90 Å². The van der Waals surface area contributed by atoms with Crippen molar-refractivity contribution in [3.8, 4) is 55.6 Å². The second-order valence-corrected chi connectivity index (χ2v) is 16.6. The summed E-state index contributed by atoms with van der Waals surface area (Å²) in [6.45, 7) is 4.77. The van der Waals surface area contributed by atoms with E-state index in [1.165, 1.54) is 88.3 Å². The lowest BCUT2D eigenvalue weighted by atomic mass is 9.81. The Labute approximate surface area is 352 Å². The average molecular weight is 766 g/mol. The van der Waals surface area contributed by atoms with Gasteiger partial charge in [-0.2, -0.15) is 0 Å². The zero-order valence-electron chi connectivity index (χ0n) is 33.8. The van der Waals surface area contributed by atoms with E-state index >= 15 is 0 Å². The number of hydrogen-bond acceptors (Lipinski definition) is 1. The minimum atomic E-state index is -0.202. The SMILES string of the molecule is CC1(C)c2cc(-c3ccc4ccccc4c3)ccc2-c2ccc(N(c3ccc(-c4ccc5ccccc5c4)cc3)c3ccccc3-c3ccc(-c4ccccc4)cc3)cc21. The summed E-state index contributed by atoms with van der Waals surface area (Å²) < 4.78 is 0. The molecule has 0 aromatic heterocycles. The van der Waals surface area contributed by atoms with E-state index in [2.05, 4.69) is 243 Å². The van der Waals surface area contributed by atoms with Crippen LogP contribution in [0.4, 0.5) is 17.1 Å². The molecule has 284 valence electrons. The molecule has 0 bridgehead atoms. The molecular weight excluding hydrogens is 723 g/mol. The van der Waals surface area contributed by atoms with Gasteiger partial charge in [-0.25, -0.2) is 0 Å². The zero-order valence-corrected chi connectivity index (χ0v) is 33.8. The Morgan fingerprint density at radius 3 is 1.40 bits per heavy atom. The van der Waals surface area contributed by atoms with Crippen LogP contribution in [-0.4, -0.2) is 0 Å². The summed E-state index contributed by atoms with van der Waals surface area (Å²) in [7, 11) is 0. The van der Waals surface area contributed by atoms with Crippen molar-refractivity contribution in [3.63, 3.8) is 0 Å². The van der Waals surface area contributed by atoms with Crippen LogP contribution >= 0.6 is 0 Å². The van der Waals surface area contributed by atoms with Gasteiger partial charge < -0.3 is 4.90 Å². The highest BCUT2D eigenvalue weighted by Gasteiger charge is 2.36. The van der Waals surface area contributed by atoms with E-state index in [0.29, 0.717) is 0 Å². The van der Waals surface area contributed by atoms with Crippen LogP contribution in [-0.2, 0) is 5.41 Å². The maximum absolute atomic E-state index is 2.45. The van der Waals surface area contributed by atoms with Crippen molar-refractivity contribution < 1.29 is 0 Å². The monoisotopic (exact) mass is 765 g/mol. The highest BCUT2D eigenvalue weighted by molar-refractivity contribution is 5.93. The number of rotatable bonds is 7. The van der Waals surface area contributed by atoms with Crippen LogP contribution in [0, 0.1) is 0 Å². The van der Waals surface area contributed by atoms with Crippen molar-refractivity contribution in [1.29, 1.82) is 0 Å². The summed E-state index contributed by atoms with van der Waals surface area (Å²) in [4.78, 5) is 2.45. The number of para-hydroxylation sites is 1. The number of nitrogens with zero attached hydrogens (tertiary/aromatic N) is 1. The molecule has 0 saturated carbocycles. The second-order valence-electron chi connectivity index (χ2n) is 16.6. The van der Waals surface area contributed by atoms with E-state index in [4.69, 9.17) is 0 Å². The summed E-state index contributed by atoms with van der Waals surface area (Å²) >= 11 is 0. The van der Waals surface area contributed by atoms with E-state index in [1.807, 2.05) is 0 Å². The minimum absolute atomic E-state index is 0.202. The van der Waals surface area contributed by atoms with Crippen LogP contribution in [0.5, 0.6) is 0 Å². The predicted octanol–water partition coefficient (Wildman–Crippen LogP) is 16.4. The van der Waals surface area contributed by atoms with Gasteiger partial charge in [0.1, 0.15) is 0 Å². The first-order valence-electron chi connectivity index (χ1n) is 20.9. The van der Waals surface area contributed by atoms with Crippen molar-refractivity contribution in [3.05, 3.63) is 236 Å². The molecule has 1 nitrogen and oxygen atoms in total. The van der Waals surface area contributed by atoms with Gasteiger partial charge in [-0.05, 0) is 131 Å². The largest absolute Gasteiger partial charge is 0.310 e. The number of hydrogen-bond donors (Lipinski definition) is 0. The van der Waals surface area contributed by atoms with E-state index in [1.54, 1.807) is 0 Å². The molecule has 0 radical (unpaired) electrons. The third-order valence-electron chi connectivity index (χ3n) is 12.7. The molecule has 0 atom stereocenters. The van der Waals surface area contributed by atoms with Gasteiger partial charge in [0, 0.05) is 22.4 Å². The summed E-state index contributed by atoms with van der Waals surface area (Å²) in [5.74, 6) is 0. The first kappa shape index (κ1) is 35.7. The van der Waals surface area contributed by atoms with Gasteiger partial charge in [-0.1, -0.05) is 190 Å². The molecule has 10 aromatic carbocycles. The number of anilines is 3. The molecule has 10 aromatic rings. The molecule has 0 amide bonds. The lowest BCUT2D eigenvalue weighted by Crippen LogP contribution is -2.17. The molecule has 1 heteroatoms. The van der Waals surface area contributed by atoms with Gasteiger partial charge in [0.15, 0.2) is 0 Å². The fraction of sp³-hybridized carbons (Fsp3) is 0.0508. The van der Waals surface area contributed by atoms with Crippen molar-refractivity contribution >= 4 is 38.6 Å². The van der Waals surface area contributed by atoms with Gasteiger partial charge in [0.2, 0.25) is 0 Å². The summed E-state index contributed by atoms with van der Waals surface area (Å²) in [6.07, 6.45) is 0. The Morgan fingerprint density at radius 1 is 0.283 bits per heavy atom. The second kappa shape index (κ2) is 14.4. The lowest BCUT2D eigenvalue weighted by molar-refractivity contribution is 0.660. The van der Waals surface area contributed by atoms with Gasteiger partial charge in [0.05, 0.1) is 5.69 Å². The Morgan fingerprint density at radius 2 is 0.717 bits per heavy atom. The predicted molar refractivity (Wildman–Crippen MR) is 255 cm³/mol. The van der Waals surface area contributed by atoms with E-state index < -0.39 is 0 Å². The summed E-state index contributed by atoms with van der Waals surface area (Å²) in [5, 5.41) is 5.03. The van der Waals surface area contributed by atoms with Crippen molar-refractivity contribution in [1.82, 2.24) is 0 Å². The topological polar surface area (TPSA) is 3.24 Å². The molecule has 0 N–H and O–H groups in total. The lowest BCUT2D eigenvalue weighted by Gasteiger charge is -2.30. The van der Waals surface area contributed by atoms with Crippen LogP contribution in [0.3, 0.4) is 0 Å². The van der Waals surface area contributed by atoms with E-state index in [-0.39, 0.29) is 5.41 Å². The quantitative estimate of drug-likeness (QED) is 0.156. The Hall–Kier alpha value is -7.48. The molecule has 0 saturated heterocycles. The minimum Gasteiger partial charge on any atom is -0.310 e. The Bertz CT molecular complexity index is 3210. The zero-order chi connectivity index (χ0) is 40.2. The molecule has 1 aliphatic carbocycles. The molecular formula is C59H43N. The Balaban J connectivity index is 1.02. The highest BCUT2D eigenvalue weighted by Crippen LogP contribution is 2.52. The van der Waals surface area contributed by atoms with Gasteiger partial charge in [-0.15, -0.1) is 0 Å². The Kier molecular flexibility index (Phi) is 8.57. The van der Waals surface area contributed by atoms with E-state index in [9.17, 15) is 0 Å². The van der Waals surface area contributed by atoms with E-state index in [0.717, 1.165) is 17.1 Å². The average Bonchev–Trinajstić information content (AvgIpc) is 3.54.